The van der Waals surface area contributed by atoms with E-state index in [1.807, 2.05) is 0 Å². The number of benzene rings is 1. The van der Waals surface area contributed by atoms with Crippen molar-refractivity contribution in [2.24, 2.45) is 0 Å². The molecule has 96 valence electrons. The van der Waals surface area contributed by atoms with E-state index in [9.17, 15) is 8.42 Å². The lowest BCUT2D eigenvalue weighted by Crippen LogP contribution is -2.15. The van der Waals surface area contributed by atoms with Crippen molar-refractivity contribution in [2.75, 3.05) is 10.5 Å². The average molecular weight is 289 g/mol. The number of nitrogens with two attached hydrogens (primary N) is 1. The molecule has 2 aromatic rings. The molecule has 0 amide bonds. The van der Waals surface area contributed by atoms with Gasteiger partial charge >= 0.3 is 6.01 Å². The molecule has 0 bridgehead atoms. The molecular weight excluding hydrogens is 280 g/mol. The molecule has 1 aromatic carbocycles. The van der Waals surface area contributed by atoms with Crippen LogP contribution in [0.3, 0.4) is 0 Å². The van der Waals surface area contributed by atoms with Crippen LogP contribution in [0.1, 0.15) is 5.89 Å². The van der Waals surface area contributed by atoms with E-state index in [1.165, 1.54) is 18.2 Å². The van der Waals surface area contributed by atoms with E-state index in [0.29, 0.717) is 0 Å². The van der Waals surface area contributed by atoms with Gasteiger partial charge in [-0.15, -0.1) is 5.10 Å². The summed E-state index contributed by atoms with van der Waals surface area (Å²) >= 11 is 5.73. The normalized spacial score (nSPS) is 11.4. The van der Waals surface area contributed by atoms with Crippen molar-refractivity contribution < 1.29 is 12.8 Å². The van der Waals surface area contributed by atoms with E-state index in [4.69, 9.17) is 21.8 Å². The van der Waals surface area contributed by atoms with Crippen molar-refractivity contribution in [3.8, 4) is 0 Å². The van der Waals surface area contributed by atoms with Gasteiger partial charge in [-0.1, -0.05) is 16.7 Å². The molecule has 0 radical (unpaired) electrons. The second-order valence-electron chi connectivity index (χ2n) is 3.41. The number of nitrogens with zero attached hydrogens (tertiary/aromatic N) is 2. The third-order valence-electron chi connectivity index (χ3n) is 2.01. The fourth-order valence-electron chi connectivity index (χ4n) is 1.25. The van der Waals surface area contributed by atoms with Gasteiger partial charge in [-0.25, -0.2) is 13.1 Å². The second-order valence-corrected chi connectivity index (χ2v) is 5.50. The second kappa shape index (κ2) is 4.46. The van der Waals surface area contributed by atoms with Gasteiger partial charge < -0.3 is 10.2 Å². The Morgan fingerprint density at radius 2 is 2.11 bits per heavy atom. The molecule has 1 aromatic heterocycles. The lowest BCUT2D eigenvalue weighted by Gasteiger charge is -2.07. The Labute approximate surface area is 108 Å². The van der Waals surface area contributed by atoms with Gasteiger partial charge in [0, 0.05) is 11.9 Å². The monoisotopic (exact) mass is 288 g/mol. The highest BCUT2D eigenvalue weighted by Gasteiger charge is 2.20. The first-order chi connectivity index (χ1) is 8.38. The number of anilines is 2. The van der Waals surface area contributed by atoms with Crippen LogP contribution in [0, 0.1) is 6.92 Å². The molecule has 18 heavy (non-hydrogen) atoms. The van der Waals surface area contributed by atoms with E-state index < -0.39 is 10.0 Å². The standard InChI is InChI=1S/C9H9ClN4O3S/c1-5-12-13-9(17-5)14-18(15,16)8-4-6(10)2-3-7(8)11/h2-4H,11H2,1H3,(H,13,14). The Balaban J connectivity index is 2.39. The number of hydrogen-bond acceptors (Lipinski definition) is 6. The van der Waals surface area contributed by atoms with Crippen molar-refractivity contribution >= 4 is 33.3 Å². The first-order valence-electron chi connectivity index (χ1n) is 4.76. The van der Waals surface area contributed by atoms with Crippen molar-refractivity contribution in [1.82, 2.24) is 10.2 Å². The molecule has 0 aliphatic heterocycles. The van der Waals surface area contributed by atoms with E-state index in [-0.39, 0.29) is 27.5 Å². The third kappa shape index (κ3) is 2.54. The summed E-state index contributed by atoms with van der Waals surface area (Å²) in [5.41, 5.74) is 5.66. The van der Waals surface area contributed by atoms with Crippen LogP contribution in [0.15, 0.2) is 27.5 Å². The molecule has 0 aliphatic rings. The molecule has 7 nitrogen and oxygen atoms in total. The number of nitrogens with one attached hydrogen (secondary N) is 1. The van der Waals surface area contributed by atoms with Gasteiger partial charge in [0.05, 0.1) is 5.69 Å². The molecule has 0 saturated carbocycles. The Hall–Kier alpha value is -1.80. The minimum Gasteiger partial charge on any atom is -0.408 e. The molecule has 0 spiro atoms. The molecule has 2 rings (SSSR count). The van der Waals surface area contributed by atoms with Crippen LogP contribution in [0.2, 0.25) is 5.02 Å². The van der Waals surface area contributed by atoms with Crippen molar-refractivity contribution in [1.29, 1.82) is 0 Å². The van der Waals surface area contributed by atoms with Gasteiger partial charge in [0.2, 0.25) is 5.89 Å². The van der Waals surface area contributed by atoms with Gasteiger partial charge in [-0.05, 0) is 18.2 Å². The van der Waals surface area contributed by atoms with Gasteiger partial charge in [-0.3, -0.25) is 0 Å². The average Bonchev–Trinajstić information content (AvgIpc) is 2.66. The van der Waals surface area contributed by atoms with E-state index >= 15 is 0 Å². The molecule has 0 fully saturated rings. The Bertz CT molecular complexity index is 683. The largest absolute Gasteiger partial charge is 0.408 e. The maximum absolute atomic E-state index is 12.0. The highest BCUT2D eigenvalue weighted by atomic mass is 35.5. The summed E-state index contributed by atoms with van der Waals surface area (Å²) in [6.45, 7) is 1.54. The maximum atomic E-state index is 12.0. The minimum absolute atomic E-state index is 0.0723. The SMILES string of the molecule is Cc1nnc(NS(=O)(=O)c2cc(Cl)ccc2N)o1. The van der Waals surface area contributed by atoms with Crippen LogP contribution >= 0.6 is 11.6 Å². The molecular formula is C9H9ClN4O3S. The number of hydrogen-bond donors (Lipinski definition) is 2. The Morgan fingerprint density at radius 3 is 2.72 bits per heavy atom. The van der Waals surface area contributed by atoms with Crippen molar-refractivity contribution in [3.63, 3.8) is 0 Å². The lowest BCUT2D eigenvalue weighted by molar-refractivity contribution is 0.534. The summed E-state index contributed by atoms with van der Waals surface area (Å²) in [5.74, 6) is 0.242. The Morgan fingerprint density at radius 1 is 1.39 bits per heavy atom. The van der Waals surface area contributed by atoms with Crippen LogP contribution < -0.4 is 10.5 Å². The summed E-state index contributed by atoms with van der Waals surface area (Å²) < 4.78 is 31.1. The molecule has 9 heteroatoms. The third-order valence-corrected chi connectivity index (χ3v) is 3.62. The zero-order valence-corrected chi connectivity index (χ0v) is 10.8. The van der Waals surface area contributed by atoms with Crippen molar-refractivity contribution in [2.45, 2.75) is 11.8 Å². The van der Waals surface area contributed by atoms with Gasteiger partial charge in [0.1, 0.15) is 4.90 Å². The van der Waals surface area contributed by atoms with Gasteiger partial charge in [-0.2, -0.15) is 0 Å². The van der Waals surface area contributed by atoms with E-state index in [2.05, 4.69) is 14.9 Å². The summed E-state index contributed by atoms with van der Waals surface area (Å²) in [6, 6.07) is 3.90. The number of rotatable bonds is 3. The number of halogens is 1. The topological polar surface area (TPSA) is 111 Å². The van der Waals surface area contributed by atoms with Crippen LogP contribution in [0.4, 0.5) is 11.7 Å². The lowest BCUT2D eigenvalue weighted by atomic mass is 10.3. The quantitative estimate of drug-likeness (QED) is 0.826. The highest BCUT2D eigenvalue weighted by Crippen LogP contribution is 2.24. The number of aromatic nitrogens is 2. The fourth-order valence-corrected chi connectivity index (χ4v) is 2.57. The zero-order valence-electron chi connectivity index (χ0n) is 9.21. The predicted octanol–water partition coefficient (Wildman–Crippen LogP) is 1.41. The van der Waals surface area contributed by atoms with E-state index in [1.54, 1.807) is 6.92 Å². The zero-order chi connectivity index (χ0) is 13.3. The van der Waals surface area contributed by atoms with Crippen LogP contribution in [0.5, 0.6) is 0 Å². The minimum atomic E-state index is -3.91. The summed E-state index contributed by atoms with van der Waals surface area (Å²) in [4.78, 5) is -0.147. The summed E-state index contributed by atoms with van der Waals surface area (Å²) in [5, 5.41) is 7.29. The number of sulfonamides is 1. The number of aryl methyl sites for hydroxylation is 1. The summed E-state index contributed by atoms with van der Waals surface area (Å²) in [7, 11) is -3.91. The molecule has 0 unspecified atom stereocenters. The van der Waals surface area contributed by atoms with Gasteiger partial charge in [0.15, 0.2) is 0 Å². The maximum Gasteiger partial charge on any atom is 0.329 e. The van der Waals surface area contributed by atoms with Crippen molar-refractivity contribution in [3.05, 3.63) is 29.1 Å². The molecule has 3 N–H and O–H groups in total. The molecule has 1 heterocycles. The first-order valence-corrected chi connectivity index (χ1v) is 6.62. The fraction of sp³-hybridized carbons (Fsp3) is 0.111. The van der Waals surface area contributed by atoms with Crippen LogP contribution in [-0.4, -0.2) is 18.6 Å². The van der Waals surface area contributed by atoms with Gasteiger partial charge in [0.25, 0.3) is 10.0 Å². The molecule has 0 saturated heterocycles. The first kappa shape index (κ1) is 12.7. The Kier molecular flexibility index (Phi) is 3.14. The highest BCUT2D eigenvalue weighted by molar-refractivity contribution is 7.92. The predicted molar refractivity (Wildman–Crippen MR) is 65.7 cm³/mol. The van der Waals surface area contributed by atoms with E-state index in [0.717, 1.165) is 0 Å². The molecule has 0 aliphatic carbocycles. The smallest absolute Gasteiger partial charge is 0.329 e. The van der Waals surface area contributed by atoms with Crippen LogP contribution in [0.25, 0.3) is 0 Å². The molecule has 0 atom stereocenters. The van der Waals surface area contributed by atoms with Crippen LogP contribution in [-0.2, 0) is 10.0 Å². The number of nitrogen functional groups attached to an aromatic ring is 1. The summed E-state index contributed by atoms with van der Waals surface area (Å²) in [6.07, 6.45) is 0.